The fourth-order valence-electron chi connectivity index (χ4n) is 1.73. The fourth-order valence-corrected chi connectivity index (χ4v) is 3.06. The molecule has 0 spiro atoms. The summed E-state index contributed by atoms with van der Waals surface area (Å²) in [5.41, 5.74) is 3.65. The first kappa shape index (κ1) is 16.9. The predicted octanol–water partition coefficient (Wildman–Crippen LogP) is 2.82. The van der Waals surface area contributed by atoms with Gasteiger partial charge in [-0.25, -0.2) is 8.42 Å². The molecule has 1 aromatic carbocycles. The van der Waals surface area contributed by atoms with Crippen LogP contribution in [0.4, 0.5) is 0 Å². The van der Waals surface area contributed by atoms with Gasteiger partial charge in [-0.1, -0.05) is 24.6 Å². The van der Waals surface area contributed by atoms with Crippen molar-refractivity contribution < 1.29 is 8.42 Å². The second-order valence-electron chi connectivity index (χ2n) is 4.27. The molecule has 0 bridgehead atoms. The predicted molar refractivity (Wildman–Crippen MR) is 82.8 cm³/mol. The Morgan fingerprint density at radius 1 is 1.47 bits per heavy atom. The molecule has 1 aromatic rings. The van der Waals surface area contributed by atoms with Gasteiger partial charge in [0.25, 0.3) is 0 Å². The van der Waals surface area contributed by atoms with Crippen molar-refractivity contribution in [3.05, 3.63) is 33.3 Å². The second kappa shape index (κ2) is 7.59. The summed E-state index contributed by atoms with van der Waals surface area (Å²) in [5.74, 6) is 5.89. The number of sulfone groups is 1. The average Bonchev–Trinajstić information content (AvgIpc) is 2.38. The summed E-state index contributed by atoms with van der Waals surface area (Å²) < 4.78 is 23.7. The van der Waals surface area contributed by atoms with Crippen LogP contribution in [0.5, 0.6) is 0 Å². The van der Waals surface area contributed by atoms with Gasteiger partial charge in [0.05, 0.1) is 10.8 Å². The van der Waals surface area contributed by atoms with Gasteiger partial charge in [0.2, 0.25) is 0 Å². The summed E-state index contributed by atoms with van der Waals surface area (Å²) >= 11 is 9.36. The van der Waals surface area contributed by atoms with Crippen molar-refractivity contribution in [1.82, 2.24) is 5.43 Å². The SMILES string of the molecule is CCS(=O)(=O)CCCC(NN)c1ccc(Br)c(Cl)c1. The van der Waals surface area contributed by atoms with Crippen molar-refractivity contribution in [2.24, 2.45) is 5.84 Å². The molecule has 7 heteroatoms. The highest BCUT2D eigenvalue weighted by Crippen LogP contribution is 2.27. The Bertz CT molecular complexity index is 522. The monoisotopic (exact) mass is 368 g/mol. The highest BCUT2D eigenvalue weighted by atomic mass is 79.9. The van der Waals surface area contributed by atoms with E-state index < -0.39 is 9.84 Å². The largest absolute Gasteiger partial charge is 0.271 e. The van der Waals surface area contributed by atoms with Crippen molar-refractivity contribution in [2.45, 2.75) is 25.8 Å². The van der Waals surface area contributed by atoms with Crippen LogP contribution in [0.1, 0.15) is 31.4 Å². The third-order valence-corrected chi connectivity index (χ3v) is 5.96. The third kappa shape index (κ3) is 5.39. The molecule has 108 valence electrons. The van der Waals surface area contributed by atoms with E-state index in [0.29, 0.717) is 17.9 Å². The van der Waals surface area contributed by atoms with Crippen LogP contribution in [0.2, 0.25) is 5.02 Å². The van der Waals surface area contributed by atoms with Crippen LogP contribution in [0, 0.1) is 0 Å². The maximum Gasteiger partial charge on any atom is 0.150 e. The highest BCUT2D eigenvalue weighted by Gasteiger charge is 2.13. The molecule has 0 aliphatic rings. The van der Waals surface area contributed by atoms with E-state index in [4.69, 9.17) is 17.4 Å². The summed E-state index contributed by atoms with van der Waals surface area (Å²) in [6.45, 7) is 1.66. The van der Waals surface area contributed by atoms with Gasteiger partial charge in [0.1, 0.15) is 9.84 Å². The van der Waals surface area contributed by atoms with Crippen molar-refractivity contribution >= 4 is 37.4 Å². The molecule has 1 unspecified atom stereocenters. The Hall–Kier alpha value is -0.140. The molecule has 4 nitrogen and oxygen atoms in total. The zero-order chi connectivity index (χ0) is 14.5. The van der Waals surface area contributed by atoms with E-state index in [2.05, 4.69) is 21.4 Å². The minimum Gasteiger partial charge on any atom is -0.271 e. The summed E-state index contributed by atoms with van der Waals surface area (Å²) in [7, 11) is -2.92. The Balaban J connectivity index is 2.66. The van der Waals surface area contributed by atoms with Gasteiger partial charge in [-0.3, -0.25) is 11.3 Å². The van der Waals surface area contributed by atoms with Crippen LogP contribution in [0.15, 0.2) is 22.7 Å². The summed E-state index contributed by atoms with van der Waals surface area (Å²) in [6, 6.07) is 5.49. The van der Waals surface area contributed by atoms with E-state index in [0.717, 1.165) is 10.0 Å². The first-order valence-corrected chi connectivity index (χ1v) is 9.00. The number of rotatable bonds is 7. The van der Waals surface area contributed by atoms with Crippen LogP contribution in [0.25, 0.3) is 0 Å². The zero-order valence-electron chi connectivity index (χ0n) is 10.7. The molecule has 0 saturated carbocycles. The van der Waals surface area contributed by atoms with E-state index in [-0.39, 0.29) is 17.5 Å². The molecule has 0 aliphatic carbocycles. The highest BCUT2D eigenvalue weighted by molar-refractivity contribution is 9.10. The van der Waals surface area contributed by atoms with Crippen LogP contribution < -0.4 is 11.3 Å². The number of nitrogens with one attached hydrogen (secondary N) is 1. The maximum atomic E-state index is 11.4. The lowest BCUT2D eigenvalue weighted by atomic mass is 10.0. The Kier molecular flexibility index (Phi) is 6.76. The minimum atomic E-state index is -2.92. The van der Waals surface area contributed by atoms with Crippen LogP contribution >= 0.6 is 27.5 Å². The lowest BCUT2D eigenvalue weighted by molar-refractivity contribution is 0.507. The lowest BCUT2D eigenvalue weighted by Gasteiger charge is -2.16. The van der Waals surface area contributed by atoms with Gasteiger partial charge >= 0.3 is 0 Å². The Labute approximate surface area is 127 Å². The average molecular weight is 370 g/mol. The Morgan fingerprint density at radius 3 is 2.68 bits per heavy atom. The molecular formula is C12H18BrClN2O2S. The van der Waals surface area contributed by atoms with Crippen molar-refractivity contribution in [2.75, 3.05) is 11.5 Å². The molecule has 1 atom stereocenters. The molecule has 0 heterocycles. The number of nitrogens with two attached hydrogens (primary N) is 1. The molecule has 0 aliphatic heterocycles. The first-order valence-electron chi connectivity index (χ1n) is 6.01. The molecule has 3 N–H and O–H groups in total. The van der Waals surface area contributed by atoms with Crippen molar-refractivity contribution in [1.29, 1.82) is 0 Å². The van der Waals surface area contributed by atoms with E-state index in [9.17, 15) is 8.42 Å². The molecule has 0 saturated heterocycles. The molecule has 0 amide bonds. The molecule has 0 radical (unpaired) electrons. The van der Waals surface area contributed by atoms with Crippen molar-refractivity contribution in [3.63, 3.8) is 0 Å². The number of benzene rings is 1. The maximum absolute atomic E-state index is 11.4. The molecular weight excluding hydrogens is 352 g/mol. The minimum absolute atomic E-state index is 0.0994. The molecule has 1 rings (SSSR count). The van der Waals surface area contributed by atoms with E-state index in [1.807, 2.05) is 18.2 Å². The van der Waals surface area contributed by atoms with Gasteiger partial charge < -0.3 is 0 Å². The normalized spacial score (nSPS) is 13.5. The zero-order valence-corrected chi connectivity index (χ0v) is 13.9. The quantitative estimate of drug-likeness (QED) is 0.572. The molecule has 19 heavy (non-hydrogen) atoms. The number of hydrogen-bond acceptors (Lipinski definition) is 4. The molecule has 0 fully saturated rings. The van der Waals surface area contributed by atoms with Crippen molar-refractivity contribution in [3.8, 4) is 0 Å². The van der Waals surface area contributed by atoms with Gasteiger partial charge in [0.15, 0.2) is 0 Å². The standard InChI is InChI=1S/C12H18BrClN2O2S/c1-2-19(17,18)7-3-4-12(16-15)9-5-6-10(13)11(14)8-9/h5-6,8,12,16H,2-4,7,15H2,1H3. The second-order valence-corrected chi connectivity index (χ2v) is 8.01. The summed E-state index contributed by atoms with van der Waals surface area (Å²) in [5, 5.41) is 0.610. The van der Waals surface area contributed by atoms with Gasteiger partial charge in [-0.05, 0) is 46.5 Å². The van der Waals surface area contributed by atoms with Gasteiger partial charge in [-0.2, -0.15) is 0 Å². The number of hydrazine groups is 1. The van der Waals surface area contributed by atoms with E-state index in [1.54, 1.807) is 6.92 Å². The fraction of sp³-hybridized carbons (Fsp3) is 0.500. The summed E-state index contributed by atoms with van der Waals surface area (Å²) in [4.78, 5) is 0. The van der Waals surface area contributed by atoms with Gasteiger partial charge in [-0.15, -0.1) is 0 Å². The van der Waals surface area contributed by atoms with Crippen LogP contribution in [0.3, 0.4) is 0 Å². The topological polar surface area (TPSA) is 72.2 Å². The van der Waals surface area contributed by atoms with Crippen LogP contribution in [-0.2, 0) is 9.84 Å². The first-order chi connectivity index (χ1) is 8.89. The van der Waals surface area contributed by atoms with E-state index in [1.165, 1.54) is 0 Å². The van der Waals surface area contributed by atoms with Gasteiger partial charge in [0, 0.05) is 16.3 Å². The third-order valence-electron chi connectivity index (χ3n) is 2.94. The lowest BCUT2D eigenvalue weighted by Crippen LogP contribution is -2.28. The van der Waals surface area contributed by atoms with E-state index >= 15 is 0 Å². The number of halogens is 2. The smallest absolute Gasteiger partial charge is 0.150 e. The summed E-state index contributed by atoms with van der Waals surface area (Å²) in [6.07, 6.45) is 1.21. The molecule has 0 aromatic heterocycles. The Morgan fingerprint density at radius 2 is 2.16 bits per heavy atom. The number of hydrogen-bond donors (Lipinski definition) is 2. The van der Waals surface area contributed by atoms with Crippen LogP contribution in [-0.4, -0.2) is 19.9 Å².